The van der Waals surface area contributed by atoms with Crippen LogP contribution in [0, 0.1) is 6.92 Å². The molecule has 0 fully saturated rings. The minimum atomic E-state index is -0.251. The zero-order valence-corrected chi connectivity index (χ0v) is 14.9. The van der Waals surface area contributed by atoms with E-state index in [-0.39, 0.29) is 6.03 Å². The van der Waals surface area contributed by atoms with Gasteiger partial charge in [0.25, 0.3) is 0 Å². The van der Waals surface area contributed by atoms with Gasteiger partial charge in [-0.05, 0) is 31.2 Å². The van der Waals surface area contributed by atoms with E-state index < -0.39 is 0 Å². The van der Waals surface area contributed by atoms with Crippen LogP contribution in [-0.4, -0.2) is 18.1 Å². The fourth-order valence-corrected chi connectivity index (χ4v) is 3.31. The number of amides is 2. The molecule has 5 nitrogen and oxygen atoms in total. The highest BCUT2D eigenvalue weighted by atomic mass is 32.1. The van der Waals surface area contributed by atoms with Crippen LogP contribution in [0.2, 0.25) is 0 Å². The number of nitrogens with one attached hydrogen (secondary N) is 2. The van der Waals surface area contributed by atoms with E-state index in [0.29, 0.717) is 12.2 Å². The van der Waals surface area contributed by atoms with Gasteiger partial charge < -0.3 is 15.4 Å². The zero-order chi connectivity index (χ0) is 17.6. The highest BCUT2D eigenvalue weighted by molar-refractivity contribution is 7.15. The molecule has 6 heteroatoms. The third-order valence-electron chi connectivity index (χ3n) is 3.67. The summed E-state index contributed by atoms with van der Waals surface area (Å²) in [6.45, 7) is 2.40. The number of hydrogen-bond donors (Lipinski definition) is 2. The van der Waals surface area contributed by atoms with E-state index in [4.69, 9.17) is 4.74 Å². The summed E-state index contributed by atoms with van der Waals surface area (Å²) in [4.78, 5) is 17.7. The number of anilines is 1. The fraction of sp³-hybridized carbons (Fsp3) is 0.158. The van der Waals surface area contributed by atoms with Crippen molar-refractivity contribution in [3.8, 4) is 16.3 Å². The summed E-state index contributed by atoms with van der Waals surface area (Å²) in [6.07, 6.45) is 0. The summed E-state index contributed by atoms with van der Waals surface area (Å²) in [5, 5.41) is 6.63. The molecule has 1 aromatic heterocycles. The van der Waals surface area contributed by atoms with E-state index in [0.717, 1.165) is 26.9 Å². The number of urea groups is 1. The van der Waals surface area contributed by atoms with Crippen LogP contribution >= 0.6 is 11.3 Å². The maximum Gasteiger partial charge on any atom is 0.319 e. The van der Waals surface area contributed by atoms with E-state index in [1.54, 1.807) is 42.7 Å². The lowest BCUT2D eigenvalue weighted by molar-refractivity contribution is 0.252. The van der Waals surface area contributed by atoms with Gasteiger partial charge in [0.2, 0.25) is 0 Å². The molecule has 0 unspecified atom stereocenters. The Kier molecular flexibility index (Phi) is 5.30. The van der Waals surface area contributed by atoms with Gasteiger partial charge in [0.15, 0.2) is 0 Å². The molecule has 2 amide bonds. The van der Waals surface area contributed by atoms with E-state index in [9.17, 15) is 4.79 Å². The number of carbonyl (C=O) groups is 1. The third-order valence-corrected chi connectivity index (χ3v) is 4.88. The van der Waals surface area contributed by atoms with Crippen molar-refractivity contribution in [2.24, 2.45) is 0 Å². The summed E-state index contributed by atoms with van der Waals surface area (Å²) in [6, 6.07) is 17.0. The molecular formula is C19H19N3O2S. The second kappa shape index (κ2) is 7.81. The van der Waals surface area contributed by atoms with Crippen molar-refractivity contribution in [1.82, 2.24) is 10.3 Å². The van der Waals surface area contributed by atoms with Crippen molar-refractivity contribution in [1.29, 1.82) is 0 Å². The first-order valence-electron chi connectivity index (χ1n) is 7.86. The second-order valence-electron chi connectivity index (χ2n) is 5.43. The van der Waals surface area contributed by atoms with Crippen LogP contribution in [0.3, 0.4) is 0 Å². The molecule has 0 spiro atoms. The Labute approximate surface area is 150 Å². The molecular weight excluding hydrogens is 334 g/mol. The molecule has 0 aliphatic carbocycles. The Balaban J connectivity index is 1.59. The van der Waals surface area contributed by atoms with E-state index in [2.05, 4.69) is 15.6 Å². The third kappa shape index (κ3) is 4.36. The lowest BCUT2D eigenvalue weighted by atomic mass is 10.2. The number of nitrogens with zero attached hydrogens (tertiary/aromatic N) is 1. The molecule has 0 saturated heterocycles. The quantitative estimate of drug-likeness (QED) is 0.712. The molecule has 1 heterocycles. The normalized spacial score (nSPS) is 10.3. The van der Waals surface area contributed by atoms with Crippen LogP contribution in [0.25, 0.3) is 10.6 Å². The molecule has 25 heavy (non-hydrogen) atoms. The van der Waals surface area contributed by atoms with Gasteiger partial charge in [-0.1, -0.05) is 30.3 Å². The van der Waals surface area contributed by atoms with Crippen LogP contribution in [0.15, 0.2) is 54.6 Å². The second-order valence-corrected chi connectivity index (χ2v) is 6.51. The van der Waals surface area contributed by atoms with Gasteiger partial charge in [-0.3, -0.25) is 0 Å². The summed E-state index contributed by atoms with van der Waals surface area (Å²) in [5.41, 5.74) is 2.74. The summed E-state index contributed by atoms with van der Waals surface area (Å²) >= 11 is 1.60. The standard InChI is InChI=1S/C19H19N3O2S/c1-13-17(25-18(21-13)14-6-4-3-5-7-14)12-20-19(23)22-15-8-10-16(24-2)11-9-15/h3-11H,12H2,1-2H3,(H2,20,22,23). The number of aromatic nitrogens is 1. The molecule has 0 bridgehead atoms. The first-order valence-corrected chi connectivity index (χ1v) is 8.68. The van der Waals surface area contributed by atoms with Gasteiger partial charge in [-0.25, -0.2) is 9.78 Å². The monoisotopic (exact) mass is 353 g/mol. The number of benzene rings is 2. The number of methoxy groups -OCH3 is 1. The molecule has 0 aliphatic rings. The number of carbonyl (C=O) groups excluding carboxylic acids is 1. The van der Waals surface area contributed by atoms with Crippen LogP contribution < -0.4 is 15.4 Å². The Morgan fingerprint density at radius 2 is 1.84 bits per heavy atom. The summed E-state index contributed by atoms with van der Waals surface area (Å²) < 4.78 is 5.10. The highest BCUT2D eigenvalue weighted by Crippen LogP contribution is 2.27. The van der Waals surface area contributed by atoms with Crippen molar-refractivity contribution in [2.75, 3.05) is 12.4 Å². The molecule has 0 saturated carbocycles. The Hall–Kier alpha value is -2.86. The number of rotatable bonds is 5. The fourth-order valence-electron chi connectivity index (χ4n) is 2.31. The molecule has 0 aliphatic heterocycles. The smallest absolute Gasteiger partial charge is 0.319 e. The maximum atomic E-state index is 12.1. The van der Waals surface area contributed by atoms with Gasteiger partial charge >= 0.3 is 6.03 Å². The highest BCUT2D eigenvalue weighted by Gasteiger charge is 2.10. The largest absolute Gasteiger partial charge is 0.497 e. The molecule has 128 valence electrons. The van der Waals surface area contributed by atoms with Gasteiger partial charge in [0.1, 0.15) is 10.8 Å². The zero-order valence-electron chi connectivity index (χ0n) is 14.1. The van der Waals surface area contributed by atoms with E-state index in [1.165, 1.54) is 0 Å². The van der Waals surface area contributed by atoms with Crippen LogP contribution in [0.4, 0.5) is 10.5 Å². The van der Waals surface area contributed by atoms with Crippen molar-refractivity contribution >= 4 is 23.1 Å². The number of aryl methyl sites for hydroxylation is 1. The minimum Gasteiger partial charge on any atom is -0.497 e. The van der Waals surface area contributed by atoms with Crippen molar-refractivity contribution in [3.63, 3.8) is 0 Å². The molecule has 0 radical (unpaired) electrons. The summed E-state index contributed by atoms with van der Waals surface area (Å²) in [5.74, 6) is 0.750. The van der Waals surface area contributed by atoms with Crippen LogP contribution in [0.1, 0.15) is 10.6 Å². The van der Waals surface area contributed by atoms with E-state index >= 15 is 0 Å². The SMILES string of the molecule is COc1ccc(NC(=O)NCc2sc(-c3ccccc3)nc2C)cc1. The average Bonchev–Trinajstić information content (AvgIpc) is 3.02. The number of thiazole rings is 1. The number of hydrogen-bond acceptors (Lipinski definition) is 4. The maximum absolute atomic E-state index is 12.1. The van der Waals surface area contributed by atoms with Crippen LogP contribution in [0.5, 0.6) is 5.75 Å². The van der Waals surface area contributed by atoms with Crippen molar-refractivity contribution in [2.45, 2.75) is 13.5 Å². The predicted octanol–water partition coefficient (Wildman–Crippen LogP) is 4.45. The topological polar surface area (TPSA) is 63.2 Å². The van der Waals surface area contributed by atoms with Crippen LogP contribution in [-0.2, 0) is 6.54 Å². The molecule has 3 rings (SSSR count). The van der Waals surface area contributed by atoms with Gasteiger partial charge in [0, 0.05) is 16.1 Å². The first-order chi connectivity index (χ1) is 12.2. The number of ether oxygens (including phenoxy) is 1. The van der Waals surface area contributed by atoms with E-state index in [1.807, 2.05) is 37.3 Å². The van der Waals surface area contributed by atoms with Gasteiger partial charge in [-0.2, -0.15) is 0 Å². The minimum absolute atomic E-state index is 0.251. The summed E-state index contributed by atoms with van der Waals surface area (Å²) in [7, 11) is 1.61. The predicted molar refractivity (Wildman–Crippen MR) is 101 cm³/mol. The lowest BCUT2D eigenvalue weighted by Gasteiger charge is -2.07. The Morgan fingerprint density at radius 1 is 1.12 bits per heavy atom. The first kappa shape index (κ1) is 17.0. The lowest BCUT2D eigenvalue weighted by Crippen LogP contribution is -2.28. The van der Waals surface area contributed by atoms with Gasteiger partial charge in [0.05, 0.1) is 19.3 Å². The van der Waals surface area contributed by atoms with Gasteiger partial charge in [-0.15, -0.1) is 11.3 Å². The molecule has 3 aromatic rings. The molecule has 0 atom stereocenters. The molecule has 2 aromatic carbocycles. The average molecular weight is 353 g/mol. The van der Waals surface area contributed by atoms with Crippen molar-refractivity contribution < 1.29 is 9.53 Å². The molecule has 2 N–H and O–H groups in total. The Bertz CT molecular complexity index is 845. The Morgan fingerprint density at radius 3 is 2.52 bits per heavy atom. The van der Waals surface area contributed by atoms with Crippen molar-refractivity contribution in [3.05, 3.63) is 65.2 Å².